The van der Waals surface area contributed by atoms with Gasteiger partial charge in [0.1, 0.15) is 8.80 Å². The highest BCUT2D eigenvalue weighted by Crippen LogP contribution is 2.39. The molecule has 3 heteroatoms. The normalized spacial score (nSPS) is 13.3. The van der Waals surface area contributed by atoms with Gasteiger partial charge in [-0.25, -0.2) is 0 Å². The van der Waals surface area contributed by atoms with Crippen LogP contribution in [0.4, 0.5) is 17.1 Å². The fourth-order valence-corrected chi connectivity index (χ4v) is 10.9. The summed E-state index contributed by atoms with van der Waals surface area (Å²) in [5.74, 6) is 0. The van der Waals surface area contributed by atoms with E-state index in [-0.39, 0.29) is 0 Å². The van der Waals surface area contributed by atoms with Gasteiger partial charge in [0.25, 0.3) is 0 Å². The smallest absolute Gasteiger partial charge is 0.101 e. The standard InChI is InChI=1S/C49H36N2Si/c1-52-48-19-11-9-17-43(48)44-30-29-41(33-49(44)52)50(39-25-20-35(21-26-39)34-12-4-2-5-13-34)40-27-22-36(23-28-40)37-24-31-47-45(32-37)42-16-8-10-18-46(42)51(47)38-14-6-3-7-15-38/h2-33,52H,1H3. The van der Waals surface area contributed by atoms with E-state index in [2.05, 4.69) is 210 Å². The Bertz CT molecular complexity index is 2730. The lowest BCUT2D eigenvalue weighted by Crippen LogP contribution is -2.34. The van der Waals surface area contributed by atoms with E-state index < -0.39 is 8.80 Å². The molecule has 0 fully saturated rings. The molecule has 246 valence electrons. The second kappa shape index (κ2) is 12.4. The van der Waals surface area contributed by atoms with Crippen LogP contribution in [0.25, 0.3) is 60.9 Å². The quantitative estimate of drug-likeness (QED) is 0.159. The van der Waals surface area contributed by atoms with E-state index in [1.165, 1.54) is 71.7 Å². The zero-order valence-electron chi connectivity index (χ0n) is 28.9. The molecule has 0 amide bonds. The Kier molecular flexibility index (Phi) is 7.26. The largest absolute Gasteiger partial charge is 0.311 e. The van der Waals surface area contributed by atoms with Gasteiger partial charge in [0, 0.05) is 33.5 Å². The average molecular weight is 681 g/mol. The van der Waals surface area contributed by atoms with Crippen LogP contribution < -0.4 is 15.3 Å². The molecule has 1 atom stereocenters. The van der Waals surface area contributed by atoms with Crippen LogP contribution in [0.5, 0.6) is 0 Å². The number of anilines is 3. The molecule has 2 heterocycles. The van der Waals surface area contributed by atoms with Crippen LogP contribution in [0.15, 0.2) is 194 Å². The third kappa shape index (κ3) is 5.01. The molecule has 0 bridgehead atoms. The first-order valence-electron chi connectivity index (χ1n) is 18.1. The molecule has 0 radical (unpaired) electrons. The lowest BCUT2D eigenvalue weighted by Gasteiger charge is -2.27. The second-order valence-electron chi connectivity index (χ2n) is 13.8. The van der Waals surface area contributed by atoms with E-state index >= 15 is 0 Å². The molecule has 10 rings (SSSR count). The SMILES string of the molecule is C[SiH]1c2ccccc2-c2ccc(N(c3ccc(-c4ccccc4)cc3)c3ccc(-c4ccc5c(c4)c4ccccc4n5-c4ccccc4)cc3)cc21. The minimum absolute atomic E-state index is 1.14. The summed E-state index contributed by atoms with van der Waals surface area (Å²) in [7, 11) is -1.29. The van der Waals surface area contributed by atoms with Crippen LogP contribution in [-0.2, 0) is 0 Å². The molecule has 8 aromatic carbocycles. The lowest BCUT2D eigenvalue weighted by atomic mass is 10.0. The Balaban J connectivity index is 1.06. The van der Waals surface area contributed by atoms with E-state index in [0.29, 0.717) is 0 Å². The van der Waals surface area contributed by atoms with Crippen LogP contribution in [0.1, 0.15) is 0 Å². The van der Waals surface area contributed by atoms with Crippen molar-refractivity contribution in [2.75, 3.05) is 4.90 Å². The molecule has 1 aromatic heterocycles. The molecule has 0 saturated heterocycles. The Morgan fingerprint density at radius 1 is 0.385 bits per heavy atom. The monoisotopic (exact) mass is 680 g/mol. The Morgan fingerprint density at radius 3 is 1.67 bits per heavy atom. The van der Waals surface area contributed by atoms with Gasteiger partial charge in [0.2, 0.25) is 0 Å². The number of para-hydroxylation sites is 2. The van der Waals surface area contributed by atoms with Crippen LogP contribution in [-0.4, -0.2) is 13.4 Å². The summed E-state index contributed by atoms with van der Waals surface area (Å²) < 4.78 is 2.37. The van der Waals surface area contributed by atoms with Gasteiger partial charge in [0.05, 0.1) is 11.0 Å². The molecule has 2 nitrogen and oxygen atoms in total. The van der Waals surface area contributed by atoms with Gasteiger partial charge in [-0.15, -0.1) is 0 Å². The third-order valence-corrected chi connectivity index (χ3v) is 13.7. The minimum Gasteiger partial charge on any atom is -0.311 e. The van der Waals surface area contributed by atoms with Crippen molar-refractivity contribution in [2.24, 2.45) is 0 Å². The molecular weight excluding hydrogens is 645 g/mol. The first-order valence-corrected chi connectivity index (χ1v) is 20.4. The van der Waals surface area contributed by atoms with Gasteiger partial charge < -0.3 is 9.47 Å². The maximum Gasteiger partial charge on any atom is 0.101 e. The number of nitrogens with zero attached hydrogens (tertiary/aromatic N) is 2. The van der Waals surface area contributed by atoms with Crippen LogP contribution in [0.3, 0.4) is 0 Å². The summed E-state index contributed by atoms with van der Waals surface area (Å²) in [5, 5.41) is 5.59. The Hall–Kier alpha value is -6.42. The predicted octanol–water partition coefficient (Wildman–Crippen LogP) is 11.5. The van der Waals surface area contributed by atoms with Gasteiger partial charge in [-0.1, -0.05) is 139 Å². The van der Waals surface area contributed by atoms with Gasteiger partial charge in [-0.3, -0.25) is 0 Å². The van der Waals surface area contributed by atoms with Gasteiger partial charge in [-0.2, -0.15) is 0 Å². The van der Waals surface area contributed by atoms with Gasteiger partial charge in [0.15, 0.2) is 0 Å². The highest BCUT2D eigenvalue weighted by Gasteiger charge is 2.27. The Labute approximate surface area is 306 Å². The third-order valence-electron chi connectivity index (χ3n) is 10.9. The molecule has 52 heavy (non-hydrogen) atoms. The molecular formula is C49H36N2Si. The number of hydrogen-bond acceptors (Lipinski definition) is 1. The molecule has 1 unspecified atom stereocenters. The first-order chi connectivity index (χ1) is 25.7. The van der Waals surface area contributed by atoms with Crippen molar-refractivity contribution in [3.63, 3.8) is 0 Å². The molecule has 0 aliphatic carbocycles. The average Bonchev–Trinajstić information content (AvgIpc) is 3.70. The van der Waals surface area contributed by atoms with Crippen molar-refractivity contribution < 1.29 is 0 Å². The topological polar surface area (TPSA) is 8.17 Å². The molecule has 1 aliphatic rings. The van der Waals surface area contributed by atoms with Crippen LogP contribution in [0, 0.1) is 0 Å². The zero-order valence-corrected chi connectivity index (χ0v) is 30.1. The summed E-state index contributed by atoms with van der Waals surface area (Å²) >= 11 is 0. The van der Waals surface area contributed by atoms with Crippen molar-refractivity contribution in [2.45, 2.75) is 6.55 Å². The van der Waals surface area contributed by atoms with E-state index in [1.807, 2.05) is 0 Å². The number of benzene rings is 8. The second-order valence-corrected chi connectivity index (χ2v) is 16.5. The maximum atomic E-state index is 2.47. The lowest BCUT2D eigenvalue weighted by molar-refractivity contribution is 1.18. The molecule has 0 N–H and O–H groups in total. The van der Waals surface area contributed by atoms with Crippen molar-refractivity contribution in [1.82, 2.24) is 4.57 Å². The summed E-state index contributed by atoms with van der Waals surface area (Å²) in [6, 6.07) is 71.1. The number of aromatic nitrogens is 1. The number of rotatable bonds is 6. The first kappa shape index (κ1) is 30.4. The summed E-state index contributed by atoms with van der Waals surface area (Å²) in [4.78, 5) is 2.42. The fourth-order valence-electron chi connectivity index (χ4n) is 8.27. The molecule has 0 spiro atoms. The highest BCUT2D eigenvalue weighted by molar-refractivity contribution is 6.88. The highest BCUT2D eigenvalue weighted by atomic mass is 28.3. The van der Waals surface area contributed by atoms with E-state index in [0.717, 1.165) is 11.4 Å². The fraction of sp³-hybridized carbons (Fsp3) is 0.0204. The van der Waals surface area contributed by atoms with Crippen LogP contribution >= 0.6 is 0 Å². The van der Waals surface area contributed by atoms with E-state index in [1.54, 1.807) is 5.19 Å². The summed E-state index contributed by atoms with van der Waals surface area (Å²) in [5.41, 5.74) is 14.8. The molecule has 1 aliphatic heterocycles. The summed E-state index contributed by atoms with van der Waals surface area (Å²) in [6.07, 6.45) is 0. The number of hydrogen-bond donors (Lipinski definition) is 0. The predicted molar refractivity (Wildman–Crippen MR) is 224 cm³/mol. The van der Waals surface area contributed by atoms with Crippen molar-refractivity contribution in [3.8, 4) is 39.1 Å². The zero-order chi connectivity index (χ0) is 34.6. The van der Waals surface area contributed by atoms with Gasteiger partial charge in [-0.05, 0) is 105 Å². The van der Waals surface area contributed by atoms with Crippen molar-refractivity contribution >= 4 is 58.0 Å². The minimum atomic E-state index is -1.29. The Morgan fingerprint density at radius 2 is 0.923 bits per heavy atom. The summed E-state index contributed by atoms with van der Waals surface area (Å²) in [6.45, 7) is 2.47. The van der Waals surface area contributed by atoms with Gasteiger partial charge >= 0.3 is 0 Å². The molecule has 9 aromatic rings. The van der Waals surface area contributed by atoms with Crippen molar-refractivity contribution in [1.29, 1.82) is 0 Å². The number of fused-ring (bicyclic) bond motifs is 6. The van der Waals surface area contributed by atoms with E-state index in [9.17, 15) is 0 Å². The molecule has 0 saturated carbocycles. The van der Waals surface area contributed by atoms with Crippen molar-refractivity contribution in [3.05, 3.63) is 194 Å². The van der Waals surface area contributed by atoms with Crippen LogP contribution in [0.2, 0.25) is 6.55 Å². The van der Waals surface area contributed by atoms with E-state index in [4.69, 9.17) is 0 Å². The maximum absolute atomic E-state index is 2.47.